The fourth-order valence-electron chi connectivity index (χ4n) is 3.52. The first-order chi connectivity index (χ1) is 14.6. The Hall–Kier alpha value is -3.62. The lowest BCUT2D eigenvalue weighted by Crippen LogP contribution is -2.39. The number of carbonyl (C=O) groups excluding carboxylic acids is 1. The molecule has 1 fully saturated rings. The number of nitrogens with one attached hydrogen (secondary N) is 2. The molecule has 0 bridgehead atoms. The molecule has 9 heteroatoms. The Morgan fingerprint density at radius 3 is 2.73 bits per heavy atom. The van der Waals surface area contributed by atoms with E-state index in [1.165, 1.54) is 30.6 Å². The lowest BCUT2D eigenvalue weighted by atomic mass is 9.94. The molecule has 0 unspecified atom stereocenters. The molecule has 3 aromatic rings. The molecule has 1 aromatic carbocycles. The first kappa shape index (κ1) is 19.7. The fraction of sp³-hybridized carbons (Fsp3) is 0.286. The molecule has 0 aliphatic carbocycles. The van der Waals surface area contributed by atoms with Gasteiger partial charge in [-0.2, -0.15) is 0 Å². The van der Waals surface area contributed by atoms with Crippen LogP contribution in [0, 0.1) is 5.82 Å². The highest BCUT2D eigenvalue weighted by Gasteiger charge is 2.26. The molecule has 1 atom stereocenters. The van der Waals surface area contributed by atoms with E-state index in [-0.39, 0.29) is 17.6 Å². The van der Waals surface area contributed by atoms with Crippen LogP contribution in [0.15, 0.2) is 48.9 Å². The highest BCUT2D eigenvalue weighted by Crippen LogP contribution is 2.27. The molecule has 0 saturated carbocycles. The molecule has 154 valence electrons. The van der Waals surface area contributed by atoms with Crippen LogP contribution >= 0.6 is 0 Å². The van der Waals surface area contributed by atoms with E-state index in [1.54, 1.807) is 24.2 Å². The minimum atomic E-state index is -0.352. The third-order valence-electron chi connectivity index (χ3n) is 5.06. The Labute approximate surface area is 173 Å². The van der Waals surface area contributed by atoms with Crippen molar-refractivity contribution in [2.45, 2.75) is 18.8 Å². The maximum absolute atomic E-state index is 13.2. The van der Waals surface area contributed by atoms with E-state index in [0.29, 0.717) is 36.2 Å². The molecule has 0 spiro atoms. The van der Waals surface area contributed by atoms with Gasteiger partial charge >= 0.3 is 0 Å². The number of anilines is 3. The normalized spacial score (nSPS) is 16.2. The van der Waals surface area contributed by atoms with Crippen LogP contribution in [0.1, 0.15) is 34.8 Å². The zero-order chi connectivity index (χ0) is 20.9. The molecular formula is C21H22FN7O. The van der Waals surface area contributed by atoms with Crippen molar-refractivity contribution >= 4 is 23.5 Å². The number of piperidine rings is 1. The fourth-order valence-corrected chi connectivity index (χ4v) is 3.52. The predicted octanol–water partition coefficient (Wildman–Crippen LogP) is 3.21. The van der Waals surface area contributed by atoms with Crippen LogP contribution in [0.2, 0.25) is 0 Å². The zero-order valence-electron chi connectivity index (χ0n) is 16.5. The van der Waals surface area contributed by atoms with Crippen molar-refractivity contribution in [3.63, 3.8) is 0 Å². The van der Waals surface area contributed by atoms with Crippen molar-refractivity contribution < 1.29 is 9.18 Å². The SMILES string of the molecule is CNc1cc(Nc2nccc([C@H]3CCCN(C(=O)c4ccc(F)cc4)C3)n2)ncn1. The van der Waals surface area contributed by atoms with E-state index in [1.807, 2.05) is 6.07 Å². The summed E-state index contributed by atoms with van der Waals surface area (Å²) in [5.41, 5.74) is 1.36. The molecule has 1 aliphatic heterocycles. The van der Waals surface area contributed by atoms with Crippen LogP contribution in [0.3, 0.4) is 0 Å². The number of carbonyl (C=O) groups is 1. The average Bonchev–Trinajstić information content (AvgIpc) is 2.79. The number of likely N-dealkylation sites (tertiary alicyclic amines) is 1. The number of hydrogen-bond donors (Lipinski definition) is 2. The van der Waals surface area contributed by atoms with Gasteiger partial charge in [0.25, 0.3) is 5.91 Å². The molecule has 30 heavy (non-hydrogen) atoms. The molecule has 2 aromatic heterocycles. The summed E-state index contributed by atoms with van der Waals surface area (Å²) in [4.78, 5) is 31.8. The lowest BCUT2D eigenvalue weighted by molar-refractivity contribution is 0.0706. The van der Waals surface area contributed by atoms with Gasteiger partial charge in [0.1, 0.15) is 23.8 Å². The highest BCUT2D eigenvalue weighted by molar-refractivity contribution is 5.94. The Balaban J connectivity index is 1.47. The second kappa shape index (κ2) is 8.81. The number of nitrogens with zero attached hydrogens (tertiary/aromatic N) is 5. The molecule has 1 amide bonds. The topological polar surface area (TPSA) is 95.9 Å². The van der Waals surface area contributed by atoms with Gasteiger partial charge in [0.05, 0.1) is 5.69 Å². The lowest BCUT2D eigenvalue weighted by Gasteiger charge is -2.32. The summed E-state index contributed by atoms with van der Waals surface area (Å²) >= 11 is 0. The predicted molar refractivity (Wildman–Crippen MR) is 111 cm³/mol. The maximum atomic E-state index is 13.2. The van der Waals surface area contributed by atoms with Crippen molar-refractivity contribution in [2.75, 3.05) is 30.8 Å². The maximum Gasteiger partial charge on any atom is 0.253 e. The number of halogens is 1. The molecule has 1 saturated heterocycles. The van der Waals surface area contributed by atoms with Crippen LogP contribution in [-0.2, 0) is 0 Å². The number of rotatable bonds is 5. The van der Waals surface area contributed by atoms with Gasteiger partial charge in [-0.3, -0.25) is 4.79 Å². The van der Waals surface area contributed by atoms with Gasteiger partial charge in [-0.25, -0.2) is 24.3 Å². The monoisotopic (exact) mass is 407 g/mol. The van der Waals surface area contributed by atoms with Crippen LogP contribution in [0.25, 0.3) is 0 Å². The first-order valence-electron chi connectivity index (χ1n) is 9.77. The summed E-state index contributed by atoms with van der Waals surface area (Å²) in [5.74, 6) is 1.37. The van der Waals surface area contributed by atoms with Gasteiger partial charge in [0.15, 0.2) is 0 Å². The smallest absolute Gasteiger partial charge is 0.253 e. The van der Waals surface area contributed by atoms with Crippen molar-refractivity contribution in [3.8, 4) is 0 Å². The van der Waals surface area contributed by atoms with Gasteiger partial charge < -0.3 is 15.5 Å². The Morgan fingerprint density at radius 1 is 1.13 bits per heavy atom. The third kappa shape index (κ3) is 4.51. The second-order valence-electron chi connectivity index (χ2n) is 7.07. The zero-order valence-corrected chi connectivity index (χ0v) is 16.5. The molecule has 3 heterocycles. The summed E-state index contributed by atoms with van der Waals surface area (Å²) in [6, 6.07) is 9.30. The van der Waals surface area contributed by atoms with Gasteiger partial charge in [-0.1, -0.05) is 0 Å². The van der Waals surface area contributed by atoms with Gasteiger partial charge in [0, 0.05) is 43.9 Å². The van der Waals surface area contributed by atoms with Gasteiger partial charge in [-0.05, 0) is 43.2 Å². The van der Waals surface area contributed by atoms with Crippen molar-refractivity contribution in [3.05, 3.63) is 66.0 Å². The average molecular weight is 407 g/mol. The Bertz CT molecular complexity index is 1030. The molecule has 2 N–H and O–H groups in total. The van der Waals surface area contributed by atoms with Crippen molar-refractivity contribution in [1.29, 1.82) is 0 Å². The van der Waals surface area contributed by atoms with Gasteiger partial charge in [0.2, 0.25) is 5.95 Å². The van der Waals surface area contributed by atoms with E-state index in [9.17, 15) is 9.18 Å². The summed E-state index contributed by atoms with van der Waals surface area (Å²) in [7, 11) is 1.78. The van der Waals surface area contributed by atoms with Crippen molar-refractivity contribution in [2.24, 2.45) is 0 Å². The molecular weight excluding hydrogens is 385 g/mol. The van der Waals surface area contributed by atoms with E-state index < -0.39 is 0 Å². The standard InChI is InChI=1S/C21H22FN7O/c1-23-18-11-19(26-13-25-18)28-21-24-9-8-17(27-21)15-3-2-10-29(12-15)20(30)14-4-6-16(22)7-5-14/h4-9,11,13,15H,2-3,10,12H2,1H3,(H2,23,24,25,26,27,28)/t15-/m0/s1. The molecule has 4 rings (SSSR count). The number of amides is 1. The molecule has 0 radical (unpaired) electrons. The Morgan fingerprint density at radius 2 is 1.93 bits per heavy atom. The first-order valence-corrected chi connectivity index (χ1v) is 9.77. The van der Waals surface area contributed by atoms with Gasteiger partial charge in [-0.15, -0.1) is 0 Å². The minimum Gasteiger partial charge on any atom is -0.373 e. The second-order valence-corrected chi connectivity index (χ2v) is 7.07. The van der Waals surface area contributed by atoms with Crippen LogP contribution in [-0.4, -0.2) is 50.9 Å². The van der Waals surface area contributed by atoms with Crippen LogP contribution < -0.4 is 10.6 Å². The van der Waals surface area contributed by atoms with E-state index in [4.69, 9.17) is 0 Å². The summed E-state index contributed by atoms with van der Waals surface area (Å²) in [6.45, 7) is 1.24. The molecule has 8 nitrogen and oxygen atoms in total. The summed E-state index contributed by atoms with van der Waals surface area (Å²) in [6.07, 6.45) is 4.96. The molecule has 1 aliphatic rings. The quantitative estimate of drug-likeness (QED) is 0.670. The Kier molecular flexibility index (Phi) is 5.78. The van der Waals surface area contributed by atoms with Crippen molar-refractivity contribution in [1.82, 2.24) is 24.8 Å². The summed E-state index contributed by atoms with van der Waals surface area (Å²) in [5, 5.41) is 6.05. The third-order valence-corrected chi connectivity index (χ3v) is 5.06. The van der Waals surface area contributed by atoms with Crippen LogP contribution in [0.4, 0.5) is 22.0 Å². The van der Waals surface area contributed by atoms with E-state index >= 15 is 0 Å². The number of hydrogen-bond acceptors (Lipinski definition) is 7. The van der Waals surface area contributed by atoms with E-state index in [0.717, 1.165) is 18.5 Å². The summed E-state index contributed by atoms with van der Waals surface area (Å²) < 4.78 is 13.2. The van der Waals surface area contributed by atoms with E-state index in [2.05, 4.69) is 30.6 Å². The minimum absolute atomic E-state index is 0.0901. The van der Waals surface area contributed by atoms with Crippen LogP contribution in [0.5, 0.6) is 0 Å². The number of aromatic nitrogens is 4. The number of benzene rings is 1. The largest absolute Gasteiger partial charge is 0.373 e. The highest BCUT2D eigenvalue weighted by atomic mass is 19.1.